The second-order valence-electron chi connectivity index (χ2n) is 5.66. The van der Waals surface area contributed by atoms with Crippen LogP contribution in [0.5, 0.6) is 11.6 Å². The Morgan fingerprint density at radius 1 is 1.04 bits per heavy atom. The molecule has 0 radical (unpaired) electrons. The van der Waals surface area contributed by atoms with Crippen molar-refractivity contribution in [3.63, 3.8) is 0 Å². The monoisotopic (exact) mass is 364 g/mol. The summed E-state index contributed by atoms with van der Waals surface area (Å²) in [7, 11) is 0. The first-order valence-electron chi connectivity index (χ1n) is 7.87. The molecule has 0 saturated heterocycles. The fourth-order valence-corrected chi connectivity index (χ4v) is 2.63. The summed E-state index contributed by atoms with van der Waals surface area (Å²) >= 11 is 5.94. The van der Waals surface area contributed by atoms with Crippen molar-refractivity contribution in [2.45, 2.75) is 6.92 Å². The molecule has 128 valence electrons. The highest BCUT2D eigenvalue weighted by molar-refractivity contribution is 6.30. The second-order valence-corrected chi connectivity index (χ2v) is 6.09. The topological polar surface area (TPSA) is 69.4 Å². The van der Waals surface area contributed by atoms with Crippen LogP contribution in [0.4, 0.5) is 0 Å². The van der Waals surface area contributed by atoms with Crippen molar-refractivity contribution in [3.8, 4) is 23.0 Å². The van der Waals surface area contributed by atoms with Crippen molar-refractivity contribution >= 4 is 23.0 Å². The summed E-state index contributed by atoms with van der Waals surface area (Å²) in [4.78, 5) is 11.5. The molecule has 0 amide bonds. The lowest BCUT2D eigenvalue weighted by Crippen LogP contribution is -1.98. The van der Waals surface area contributed by atoms with Gasteiger partial charge in [-0.25, -0.2) is 0 Å². The highest BCUT2D eigenvalue weighted by Crippen LogP contribution is 2.24. The average Bonchev–Trinajstić information content (AvgIpc) is 3.06. The summed E-state index contributed by atoms with van der Waals surface area (Å²) in [6, 6.07) is 17.7. The number of carbonyl (C=O) groups excluding carboxylic acids is 1. The van der Waals surface area contributed by atoms with Crippen LogP contribution in [0.3, 0.4) is 0 Å². The molecule has 0 spiro atoms. The van der Waals surface area contributed by atoms with Crippen LogP contribution in [0, 0.1) is 0 Å². The van der Waals surface area contributed by atoms with E-state index in [2.05, 4.69) is 15.3 Å². The van der Waals surface area contributed by atoms with E-state index in [1.54, 1.807) is 53.0 Å². The van der Waals surface area contributed by atoms with Gasteiger partial charge in [-0.3, -0.25) is 4.79 Å². The Morgan fingerprint density at radius 3 is 2.62 bits per heavy atom. The summed E-state index contributed by atoms with van der Waals surface area (Å²) in [6.07, 6.45) is 0. The van der Waals surface area contributed by atoms with Crippen molar-refractivity contribution in [2.24, 2.45) is 0 Å². The first-order chi connectivity index (χ1) is 12.6. The number of carbonyl (C=O) groups is 1. The van der Waals surface area contributed by atoms with E-state index in [4.69, 9.17) is 16.3 Å². The summed E-state index contributed by atoms with van der Waals surface area (Å²) < 4.78 is 7.40. The van der Waals surface area contributed by atoms with Crippen LogP contribution in [0.25, 0.3) is 17.0 Å². The molecule has 0 saturated carbocycles. The van der Waals surface area contributed by atoms with Gasteiger partial charge in [0.25, 0.3) is 0 Å². The highest BCUT2D eigenvalue weighted by Gasteiger charge is 2.11. The third kappa shape index (κ3) is 3.14. The van der Waals surface area contributed by atoms with E-state index in [0.29, 0.717) is 33.7 Å². The van der Waals surface area contributed by atoms with E-state index in [-0.39, 0.29) is 5.78 Å². The zero-order valence-corrected chi connectivity index (χ0v) is 14.5. The molecule has 26 heavy (non-hydrogen) atoms. The number of aromatic nitrogens is 4. The Bertz CT molecular complexity index is 1110. The molecule has 7 heteroatoms. The molecule has 0 bridgehead atoms. The first kappa shape index (κ1) is 16.2. The van der Waals surface area contributed by atoms with E-state index in [9.17, 15) is 4.79 Å². The summed E-state index contributed by atoms with van der Waals surface area (Å²) in [5, 5.41) is 13.4. The number of fused-ring (bicyclic) bond motifs is 1. The van der Waals surface area contributed by atoms with Crippen LogP contribution in [0.15, 0.2) is 60.7 Å². The van der Waals surface area contributed by atoms with Gasteiger partial charge in [-0.1, -0.05) is 23.7 Å². The van der Waals surface area contributed by atoms with Gasteiger partial charge in [0, 0.05) is 22.2 Å². The molecule has 0 unspecified atom stereocenters. The van der Waals surface area contributed by atoms with Gasteiger partial charge in [-0.2, -0.15) is 4.52 Å². The van der Waals surface area contributed by atoms with Crippen LogP contribution >= 0.6 is 11.6 Å². The van der Waals surface area contributed by atoms with E-state index in [0.717, 1.165) is 5.56 Å². The van der Waals surface area contributed by atoms with Gasteiger partial charge in [0.05, 0.1) is 0 Å². The van der Waals surface area contributed by atoms with Crippen molar-refractivity contribution in [2.75, 3.05) is 0 Å². The second kappa shape index (κ2) is 6.57. The fourth-order valence-electron chi connectivity index (χ4n) is 2.50. The summed E-state index contributed by atoms with van der Waals surface area (Å²) in [6.45, 7) is 1.51. The van der Waals surface area contributed by atoms with Gasteiger partial charge in [0.15, 0.2) is 17.3 Å². The molecule has 0 N–H and O–H groups in total. The predicted molar refractivity (Wildman–Crippen MR) is 97.7 cm³/mol. The minimum atomic E-state index is -0.0253. The lowest BCUT2D eigenvalue weighted by Gasteiger charge is -2.06. The van der Waals surface area contributed by atoms with Crippen LogP contribution in [-0.4, -0.2) is 25.6 Å². The zero-order chi connectivity index (χ0) is 18.1. The molecule has 0 aliphatic carbocycles. The average molecular weight is 365 g/mol. The van der Waals surface area contributed by atoms with E-state index in [1.807, 2.05) is 12.1 Å². The van der Waals surface area contributed by atoms with Crippen LogP contribution in [0.1, 0.15) is 17.3 Å². The molecule has 0 atom stereocenters. The van der Waals surface area contributed by atoms with Gasteiger partial charge in [-0.15, -0.1) is 15.3 Å². The van der Waals surface area contributed by atoms with Gasteiger partial charge < -0.3 is 4.74 Å². The van der Waals surface area contributed by atoms with Crippen LogP contribution in [-0.2, 0) is 0 Å². The number of benzene rings is 2. The lowest BCUT2D eigenvalue weighted by molar-refractivity contribution is 0.101. The Morgan fingerprint density at radius 2 is 1.85 bits per heavy atom. The number of ether oxygens (including phenoxy) is 1. The Labute approximate surface area is 154 Å². The number of ketones is 1. The number of hydrogen-bond donors (Lipinski definition) is 0. The van der Waals surface area contributed by atoms with Gasteiger partial charge >= 0.3 is 0 Å². The van der Waals surface area contributed by atoms with Crippen LogP contribution < -0.4 is 4.74 Å². The minimum Gasteiger partial charge on any atom is -0.438 e. The quantitative estimate of drug-likeness (QED) is 0.501. The Kier molecular flexibility index (Phi) is 4.10. The third-order valence-corrected chi connectivity index (χ3v) is 4.06. The molecule has 0 aliphatic rings. The van der Waals surface area contributed by atoms with E-state index in [1.165, 1.54) is 6.92 Å². The first-order valence-corrected chi connectivity index (χ1v) is 8.25. The molecule has 6 nitrogen and oxygen atoms in total. The Hall–Kier alpha value is -3.25. The molecule has 2 aromatic carbocycles. The molecular formula is C19H13ClN4O2. The van der Waals surface area contributed by atoms with Crippen molar-refractivity contribution < 1.29 is 9.53 Å². The number of halogens is 1. The number of rotatable bonds is 4. The van der Waals surface area contributed by atoms with E-state index < -0.39 is 0 Å². The SMILES string of the molecule is CC(=O)c1cccc(Oc2ccc3nnc(-c4ccc(Cl)cc4)n3n2)c1. The number of nitrogens with zero attached hydrogens (tertiary/aromatic N) is 4. The summed E-state index contributed by atoms with van der Waals surface area (Å²) in [5.41, 5.74) is 2.01. The van der Waals surface area contributed by atoms with E-state index >= 15 is 0 Å². The normalized spacial score (nSPS) is 10.8. The molecule has 2 heterocycles. The largest absolute Gasteiger partial charge is 0.438 e. The van der Waals surface area contributed by atoms with Gasteiger partial charge in [-0.05, 0) is 49.4 Å². The maximum Gasteiger partial charge on any atom is 0.237 e. The smallest absolute Gasteiger partial charge is 0.237 e. The van der Waals surface area contributed by atoms with Crippen molar-refractivity contribution in [1.82, 2.24) is 19.8 Å². The molecular weight excluding hydrogens is 352 g/mol. The van der Waals surface area contributed by atoms with Crippen LogP contribution in [0.2, 0.25) is 5.02 Å². The van der Waals surface area contributed by atoms with Crippen molar-refractivity contribution in [1.29, 1.82) is 0 Å². The maximum absolute atomic E-state index is 11.5. The van der Waals surface area contributed by atoms with Gasteiger partial charge in [0.2, 0.25) is 5.88 Å². The van der Waals surface area contributed by atoms with Crippen molar-refractivity contribution in [3.05, 3.63) is 71.2 Å². The molecule has 2 aromatic heterocycles. The standard InChI is InChI=1S/C19H13ClN4O2/c1-12(25)14-3-2-4-16(11-14)26-18-10-9-17-21-22-19(24(17)23-18)13-5-7-15(20)8-6-13/h2-11H,1H3. The fraction of sp³-hybridized carbons (Fsp3) is 0.0526. The maximum atomic E-state index is 11.5. The molecule has 0 fully saturated rings. The number of hydrogen-bond acceptors (Lipinski definition) is 5. The number of Topliss-reactive ketones (excluding diaryl/α,β-unsaturated/α-hetero) is 1. The summed E-state index contributed by atoms with van der Waals surface area (Å²) in [5.74, 6) is 1.46. The lowest BCUT2D eigenvalue weighted by atomic mass is 10.1. The zero-order valence-electron chi connectivity index (χ0n) is 13.8. The van der Waals surface area contributed by atoms with Gasteiger partial charge in [0.1, 0.15) is 5.75 Å². The predicted octanol–water partition coefficient (Wildman–Crippen LogP) is 4.44. The molecule has 4 rings (SSSR count). The Balaban J connectivity index is 1.71. The minimum absolute atomic E-state index is 0.0253. The third-order valence-electron chi connectivity index (χ3n) is 3.80. The molecule has 0 aliphatic heterocycles. The molecule has 4 aromatic rings. The highest BCUT2D eigenvalue weighted by atomic mass is 35.5.